The van der Waals surface area contributed by atoms with Crippen molar-refractivity contribution in [1.29, 1.82) is 0 Å². The number of aryl methyl sites for hydroxylation is 2. The Morgan fingerprint density at radius 1 is 1.00 bits per heavy atom. The van der Waals surface area contributed by atoms with Crippen molar-refractivity contribution in [2.24, 2.45) is 5.10 Å². The van der Waals surface area contributed by atoms with E-state index in [0.717, 1.165) is 21.3 Å². The lowest BCUT2D eigenvalue weighted by Crippen LogP contribution is -2.03. The van der Waals surface area contributed by atoms with E-state index < -0.39 is 4.92 Å². The van der Waals surface area contributed by atoms with Crippen molar-refractivity contribution in [1.82, 2.24) is 20.3 Å². The monoisotopic (exact) mass is 548 g/mol. The zero-order chi connectivity index (χ0) is 25.2. The van der Waals surface area contributed by atoms with Gasteiger partial charge in [0.1, 0.15) is 11.5 Å². The molecule has 12 nitrogen and oxygen atoms in total. The van der Waals surface area contributed by atoms with Gasteiger partial charge in [-0.2, -0.15) is 10.1 Å². The molecule has 5 aromatic rings. The molecule has 3 aromatic heterocycles. The van der Waals surface area contributed by atoms with Gasteiger partial charge in [0, 0.05) is 27.4 Å². The van der Waals surface area contributed by atoms with E-state index in [2.05, 4.69) is 52.1 Å². The lowest BCUT2D eigenvalue weighted by atomic mass is 10.0. The maximum absolute atomic E-state index is 11.2. The largest absolute Gasteiger partial charge is 0.455 e. The molecule has 36 heavy (non-hydrogen) atoms. The Hall–Kier alpha value is -4.65. The number of hydrazone groups is 1. The van der Waals surface area contributed by atoms with Crippen molar-refractivity contribution in [3.05, 3.63) is 80.0 Å². The van der Waals surface area contributed by atoms with Crippen LogP contribution in [-0.2, 0) is 0 Å². The molecule has 180 valence electrons. The molecule has 0 aliphatic rings. The highest BCUT2D eigenvalue weighted by molar-refractivity contribution is 9.10. The molecule has 0 unspecified atom stereocenters. The number of rotatable bonds is 7. The zero-order valence-corrected chi connectivity index (χ0v) is 20.5. The van der Waals surface area contributed by atoms with E-state index in [1.54, 1.807) is 32.0 Å². The average Bonchev–Trinajstić information content (AvgIpc) is 3.51. The van der Waals surface area contributed by atoms with Gasteiger partial charge in [-0.05, 0) is 72.2 Å². The van der Waals surface area contributed by atoms with Gasteiger partial charge in [-0.1, -0.05) is 15.9 Å². The topological polar surface area (TPSA) is 157 Å². The van der Waals surface area contributed by atoms with Crippen LogP contribution in [0, 0.1) is 24.0 Å². The molecule has 0 aliphatic carbocycles. The molecule has 2 N–H and O–H groups in total. The van der Waals surface area contributed by atoms with Gasteiger partial charge in [0.15, 0.2) is 11.6 Å². The number of furan rings is 1. The van der Waals surface area contributed by atoms with Gasteiger partial charge in [-0.25, -0.2) is 9.61 Å². The maximum Gasteiger partial charge on any atom is 0.272 e. The highest BCUT2D eigenvalue weighted by Gasteiger charge is 2.16. The first-order valence-electron chi connectivity index (χ1n) is 10.6. The molecular formula is C23H17BrN8O4. The second kappa shape index (κ2) is 9.54. The second-order valence-corrected chi connectivity index (χ2v) is 8.66. The number of nitrogens with zero attached hydrogens (tertiary/aromatic N) is 6. The summed E-state index contributed by atoms with van der Waals surface area (Å²) in [4.78, 5) is 19.6. The first-order chi connectivity index (χ1) is 17.4. The third-order valence-corrected chi connectivity index (χ3v) is 5.74. The van der Waals surface area contributed by atoms with Crippen LogP contribution in [0.15, 0.2) is 67.2 Å². The summed E-state index contributed by atoms with van der Waals surface area (Å²) in [6.45, 7) is 3.49. The van der Waals surface area contributed by atoms with Crippen LogP contribution in [0.3, 0.4) is 0 Å². The Labute approximate surface area is 211 Å². The first kappa shape index (κ1) is 23.1. The third-order valence-electron chi connectivity index (χ3n) is 5.22. The predicted molar refractivity (Wildman–Crippen MR) is 136 cm³/mol. The molecule has 0 saturated heterocycles. The molecule has 0 bridgehead atoms. The minimum absolute atomic E-state index is 0.0710. The second-order valence-electron chi connectivity index (χ2n) is 7.75. The number of nitrogens with one attached hydrogen (secondary N) is 2. The van der Waals surface area contributed by atoms with E-state index >= 15 is 0 Å². The fourth-order valence-electron chi connectivity index (χ4n) is 3.46. The third kappa shape index (κ3) is 4.77. The van der Waals surface area contributed by atoms with Crippen molar-refractivity contribution in [3.8, 4) is 11.3 Å². The van der Waals surface area contributed by atoms with Crippen LogP contribution in [0.4, 0.5) is 23.0 Å². The fraction of sp³-hybridized carbons (Fsp3) is 0.0870. The molecule has 0 fully saturated rings. The lowest BCUT2D eigenvalue weighted by Gasteiger charge is -2.09. The highest BCUT2D eigenvalue weighted by atomic mass is 79.9. The number of benzene rings is 2. The van der Waals surface area contributed by atoms with Crippen molar-refractivity contribution >= 4 is 56.4 Å². The number of hydrogen-bond acceptors (Lipinski definition) is 11. The van der Waals surface area contributed by atoms with E-state index in [4.69, 9.17) is 9.05 Å². The Morgan fingerprint density at radius 3 is 2.44 bits per heavy atom. The van der Waals surface area contributed by atoms with Gasteiger partial charge in [0.05, 0.1) is 11.1 Å². The summed E-state index contributed by atoms with van der Waals surface area (Å²) in [5.41, 5.74) is 6.21. The Balaban J connectivity index is 1.37. The number of fused-ring (bicyclic) bond motifs is 1. The highest BCUT2D eigenvalue weighted by Crippen LogP contribution is 2.31. The Kier molecular flexibility index (Phi) is 6.12. The summed E-state index contributed by atoms with van der Waals surface area (Å²) in [7, 11) is 0. The molecule has 13 heteroatoms. The maximum atomic E-state index is 11.2. The van der Waals surface area contributed by atoms with Gasteiger partial charge in [-0.15, -0.1) is 0 Å². The van der Waals surface area contributed by atoms with E-state index in [1.807, 2.05) is 24.3 Å². The van der Waals surface area contributed by atoms with Crippen molar-refractivity contribution in [2.75, 3.05) is 10.7 Å². The van der Waals surface area contributed by atoms with Gasteiger partial charge in [-0.3, -0.25) is 15.5 Å². The van der Waals surface area contributed by atoms with Crippen LogP contribution in [0.5, 0.6) is 0 Å². The summed E-state index contributed by atoms with van der Waals surface area (Å²) in [6, 6.07) is 14.3. The number of anilines is 3. The van der Waals surface area contributed by atoms with Gasteiger partial charge in [0.2, 0.25) is 11.3 Å². The molecular weight excluding hydrogens is 532 g/mol. The van der Waals surface area contributed by atoms with Crippen LogP contribution in [0.25, 0.3) is 22.6 Å². The summed E-state index contributed by atoms with van der Waals surface area (Å²) in [5.74, 6) is 1.70. The summed E-state index contributed by atoms with van der Waals surface area (Å²) in [5, 5.41) is 26.0. The molecule has 0 aliphatic heterocycles. The number of aromatic nitrogens is 4. The number of nitro benzene ring substituents is 1. The van der Waals surface area contributed by atoms with Gasteiger partial charge >= 0.3 is 0 Å². The lowest BCUT2D eigenvalue weighted by molar-refractivity contribution is -0.385. The van der Waals surface area contributed by atoms with E-state index in [-0.39, 0.29) is 17.0 Å². The number of hydrogen-bond donors (Lipinski definition) is 2. The molecule has 5 rings (SSSR count). The predicted octanol–water partition coefficient (Wildman–Crippen LogP) is 5.75. The molecule has 2 aromatic carbocycles. The van der Waals surface area contributed by atoms with Crippen molar-refractivity contribution < 1.29 is 14.0 Å². The first-order valence-corrected chi connectivity index (χ1v) is 11.3. The SMILES string of the molecule is Cc1cc([N+](=O)[O-])c(C)cc1-c1ccc(/C=N/Nc2nc3nonc3nc2Nc2ccc(Br)cc2)o1. The average molecular weight is 549 g/mol. The molecule has 0 saturated carbocycles. The standard InChI is InChI=1S/C23H17BrN8O4/c1-12-10-18(32(33)34)13(2)9-17(12)19-8-7-16(35-19)11-25-29-21-20(26-15-5-3-14(24)4-6-15)27-22-23(28-21)31-36-30-22/h3-11H,1-2H3,(H,26,27,30)(H,28,29,31)/b25-11+. The molecule has 0 radical (unpaired) electrons. The molecule has 0 amide bonds. The van der Waals surface area contributed by atoms with E-state index in [0.29, 0.717) is 28.7 Å². The van der Waals surface area contributed by atoms with Crippen LogP contribution in [0.2, 0.25) is 0 Å². The molecule has 0 spiro atoms. The normalized spacial score (nSPS) is 11.3. The number of nitro groups is 1. The van der Waals surface area contributed by atoms with Gasteiger partial charge < -0.3 is 9.73 Å². The molecule has 0 atom stereocenters. The van der Waals surface area contributed by atoms with E-state index in [1.165, 1.54) is 12.3 Å². The summed E-state index contributed by atoms with van der Waals surface area (Å²) >= 11 is 3.41. The van der Waals surface area contributed by atoms with Crippen LogP contribution >= 0.6 is 15.9 Å². The zero-order valence-electron chi connectivity index (χ0n) is 18.9. The number of halogens is 1. The quantitative estimate of drug-likeness (QED) is 0.145. The Morgan fingerprint density at radius 2 is 1.72 bits per heavy atom. The minimum atomic E-state index is -0.396. The summed E-state index contributed by atoms with van der Waals surface area (Å²) in [6.07, 6.45) is 1.48. The summed E-state index contributed by atoms with van der Waals surface area (Å²) < 4.78 is 11.5. The van der Waals surface area contributed by atoms with Crippen LogP contribution in [0.1, 0.15) is 16.9 Å². The van der Waals surface area contributed by atoms with Crippen LogP contribution < -0.4 is 10.7 Å². The Bertz CT molecular complexity index is 1610. The molecule has 3 heterocycles. The van der Waals surface area contributed by atoms with Crippen LogP contribution in [-0.4, -0.2) is 31.4 Å². The van der Waals surface area contributed by atoms with Crippen molar-refractivity contribution in [3.63, 3.8) is 0 Å². The minimum Gasteiger partial charge on any atom is -0.455 e. The van der Waals surface area contributed by atoms with Gasteiger partial charge in [0.25, 0.3) is 5.69 Å². The smallest absolute Gasteiger partial charge is 0.272 e. The van der Waals surface area contributed by atoms with E-state index in [9.17, 15) is 10.1 Å². The fourth-order valence-corrected chi connectivity index (χ4v) is 3.72. The van der Waals surface area contributed by atoms with Crippen molar-refractivity contribution in [2.45, 2.75) is 13.8 Å².